The average molecular weight is 299 g/mol. The number of hydrogen-bond donors (Lipinski definition) is 0. The van der Waals surface area contributed by atoms with Crippen LogP contribution in [0.3, 0.4) is 0 Å². The molecule has 0 spiro atoms. The second-order valence-corrected chi connectivity index (χ2v) is 6.51. The van der Waals surface area contributed by atoms with Gasteiger partial charge in [0.15, 0.2) is 0 Å². The molecule has 6 heteroatoms. The van der Waals surface area contributed by atoms with Crippen molar-refractivity contribution in [2.24, 2.45) is 5.92 Å². The molecule has 0 unspecified atom stereocenters. The van der Waals surface area contributed by atoms with E-state index in [4.69, 9.17) is 0 Å². The Labute approximate surface area is 129 Å². The third-order valence-corrected chi connectivity index (χ3v) is 4.57. The van der Waals surface area contributed by atoms with E-state index in [1.165, 1.54) is 17.8 Å². The Kier molecular flexibility index (Phi) is 3.33. The molecule has 0 aliphatic carbocycles. The highest BCUT2D eigenvalue weighted by atomic mass is 16.1. The van der Waals surface area contributed by atoms with Gasteiger partial charge < -0.3 is 0 Å². The largest absolute Gasteiger partial charge is 0.297 e. The zero-order chi connectivity index (χ0) is 15.1. The molecule has 116 valence electrons. The number of aromatic nitrogens is 4. The predicted molar refractivity (Wildman–Crippen MR) is 82.5 cm³/mol. The van der Waals surface area contributed by atoms with Crippen molar-refractivity contribution >= 4 is 0 Å². The van der Waals surface area contributed by atoms with Crippen molar-refractivity contribution in [3.05, 3.63) is 45.6 Å². The summed E-state index contributed by atoms with van der Waals surface area (Å²) in [5, 5.41) is 8.96. The van der Waals surface area contributed by atoms with E-state index in [0.29, 0.717) is 5.92 Å². The van der Waals surface area contributed by atoms with Gasteiger partial charge in [0, 0.05) is 43.9 Å². The molecule has 1 saturated heterocycles. The van der Waals surface area contributed by atoms with E-state index in [9.17, 15) is 4.79 Å². The van der Waals surface area contributed by atoms with Crippen LogP contribution in [-0.2, 0) is 26.1 Å². The molecular weight excluding hydrogens is 278 g/mol. The van der Waals surface area contributed by atoms with Crippen LogP contribution < -0.4 is 5.56 Å². The summed E-state index contributed by atoms with van der Waals surface area (Å²) in [6.45, 7) is 6.67. The second kappa shape index (κ2) is 5.35. The normalized spacial score (nSPS) is 18.4. The van der Waals surface area contributed by atoms with Gasteiger partial charge in [-0.05, 0) is 31.9 Å². The highest BCUT2D eigenvalue weighted by Gasteiger charge is 2.28. The minimum absolute atomic E-state index is 0.00502. The number of fused-ring (bicyclic) bond motifs is 1. The van der Waals surface area contributed by atoms with Crippen LogP contribution in [0.15, 0.2) is 23.0 Å². The maximum absolute atomic E-state index is 11.8. The lowest BCUT2D eigenvalue weighted by Gasteiger charge is -2.38. The minimum atomic E-state index is -0.00502. The smallest absolute Gasteiger partial charge is 0.266 e. The number of rotatable bonds is 4. The Bertz CT molecular complexity index is 720. The van der Waals surface area contributed by atoms with Crippen LogP contribution in [0.1, 0.15) is 23.5 Å². The SMILES string of the molecule is Cc1ccc(=O)n(CC2CN(Cc3cc4n(n3)CCC4)C2)n1. The Balaban J connectivity index is 1.32. The van der Waals surface area contributed by atoms with E-state index >= 15 is 0 Å². The van der Waals surface area contributed by atoms with Gasteiger partial charge in [-0.1, -0.05) is 0 Å². The molecule has 0 aromatic carbocycles. The lowest BCUT2D eigenvalue weighted by Crippen LogP contribution is -2.49. The third kappa shape index (κ3) is 2.59. The van der Waals surface area contributed by atoms with E-state index in [-0.39, 0.29) is 5.56 Å². The van der Waals surface area contributed by atoms with Crippen LogP contribution in [0.2, 0.25) is 0 Å². The van der Waals surface area contributed by atoms with Crippen LogP contribution in [-0.4, -0.2) is 37.6 Å². The minimum Gasteiger partial charge on any atom is -0.297 e. The van der Waals surface area contributed by atoms with Crippen LogP contribution in [0.4, 0.5) is 0 Å². The number of hydrogen-bond acceptors (Lipinski definition) is 4. The maximum atomic E-state index is 11.8. The number of aryl methyl sites for hydroxylation is 3. The molecule has 0 N–H and O–H groups in total. The monoisotopic (exact) mass is 299 g/mol. The summed E-state index contributed by atoms with van der Waals surface area (Å²) in [4.78, 5) is 14.2. The molecular formula is C16H21N5O. The molecule has 1 fully saturated rings. The Morgan fingerprint density at radius 2 is 2.14 bits per heavy atom. The van der Waals surface area contributed by atoms with E-state index in [1.807, 2.05) is 6.92 Å². The maximum Gasteiger partial charge on any atom is 0.266 e. The Morgan fingerprint density at radius 1 is 1.27 bits per heavy atom. The first-order valence-corrected chi connectivity index (χ1v) is 8.00. The zero-order valence-electron chi connectivity index (χ0n) is 12.9. The summed E-state index contributed by atoms with van der Waals surface area (Å²) in [5.41, 5.74) is 3.44. The Hall–Kier alpha value is -1.95. The molecule has 2 aromatic rings. The van der Waals surface area contributed by atoms with Crippen LogP contribution >= 0.6 is 0 Å². The fourth-order valence-corrected chi connectivity index (χ4v) is 3.47. The molecule has 0 atom stereocenters. The molecule has 6 nitrogen and oxygen atoms in total. The van der Waals surface area contributed by atoms with Gasteiger partial charge in [-0.3, -0.25) is 14.4 Å². The molecule has 22 heavy (non-hydrogen) atoms. The zero-order valence-corrected chi connectivity index (χ0v) is 12.9. The molecule has 2 aliphatic rings. The summed E-state index contributed by atoms with van der Waals surface area (Å²) in [6, 6.07) is 5.61. The topological polar surface area (TPSA) is 56.0 Å². The van der Waals surface area contributed by atoms with E-state index in [0.717, 1.165) is 44.8 Å². The summed E-state index contributed by atoms with van der Waals surface area (Å²) >= 11 is 0. The number of likely N-dealkylation sites (tertiary alicyclic amines) is 1. The van der Waals surface area contributed by atoms with Crippen molar-refractivity contribution in [2.75, 3.05) is 13.1 Å². The van der Waals surface area contributed by atoms with Crippen molar-refractivity contribution in [2.45, 2.75) is 39.4 Å². The fraction of sp³-hybridized carbons (Fsp3) is 0.562. The highest BCUT2D eigenvalue weighted by molar-refractivity contribution is 5.13. The van der Waals surface area contributed by atoms with Gasteiger partial charge >= 0.3 is 0 Å². The molecule has 0 bridgehead atoms. The van der Waals surface area contributed by atoms with Gasteiger partial charge in [0.1, 0.15) is 0 Å². The van der Waals surface area contributed by atoms with Gasteiger partial charge in [-0.15, -0.1) is 0 Å². The standard InChI is InChI=1S/C16H21N5O/c1-12-4-5-16(22)21(17-12)10-13-8-19(9-13)11-14-7-15-3-2-6-20(15)18-14/h4-5,7,13H,2-3,6,8-11H2,1H3. The van der Waals surface area contributed by atoms with Gasteiger partial charge in [-0.25, -0.2) is 4.68 Å². The van der Waals surface area contributed by atoms with Crippen LogP contribution in [0.5, 0.6) is 0 Å². The van der Waals surface area contributed by atoms with Crippen molar-refractivity contribution < 1.29 is 0 Å². The first kappa shape index (κ1) is 13.7. The van der Waals surface area contributed by atoms with Crippen molar-refractivity contribution in [3.63, 3.8) is 0 Å². The summed E-state index contributed by atoms with van der Waals surface area (Å²) in [5.74, 6) is 0.515. The van der Waals surface area contributed by atoms with Crippen molar-refractivity contribution in [3.8, 4) is 0 Å². The summed E-state index contributed by atoms with van der Waals surface area (Å²) in [7, 11) is 0. The van der Waals surface area contributed by atoms with Gasteiger partial charge in [-0.2, -0.15) is 10.2 Å². The molecule has 2 aliphatic heterocycles. The number of nitrogens with zero attached hydrogens (tertiary/aromatic N) is 5. The van der Waals surface area contributed by atoms with Gasteiger partial charge in [0.2, 0.25) is 0 Å². The highest BCUT2D eigenvalue weighted by Crippen LogP contribution is 2.21. The third-order valence-electron chi connectivity index (χ3n) is 4.57. The lowest BCUT2D eigenvalue weighted by atomic mass is 10.00. The first-order valence-electron chi connectivity index (χ1n) is 8.00. The van der Waals surface area contributed by atoms with Crippen LogP contribution in [0.25, 0.3) is 0 Å². The molecule has 4 rings (SSSR count). The van der Waals surface area contributed by atoms with E-state index < -0.39 is 0 Å². The lowest BCUT2D eigenvalue weighted by molar-refractivity contribution is 0.0751. The van der Waals surface area contributed by atoms with Crippen molar-refractivity contribution in [1.82, 2.24) is 24.5 Å². The van der Waals surface area contributed by atoms with Crippen LogP contribution in [0, 0.1) is 12.8 Å². The van der Waals surface area contributed by atoms with Gasteiger partial charge in [0.25, 0.3) is 5.56 Å². The quantitative estimate of drug-likeness (QED) is 0.839. The van der Waals surface area contributed by atoms with Gasteiger partial charge in [0.05, 0.1) is 17.9 Å². The Morgan fingerprint density at radius 3 is 2.95 bits per heavy atom. The second-order valence-electron chi connectivity index (χ2n) is 6.51. The molecule has 0 radical (unpaired) electrons. The average Bonchev–Trinajstić information content (AvgIpc) is 3.01. The van der Waals surface area contributed by atoms with E-state index in [1.54, 1.807) is 16.8 Å². The predicted octanol–water partition coefficient (Wildman–Crippen LogP) is 0.826. The molecule has 2 aromatic heterocycles. The first-order chi connectivity index (χ1) is 10.7. The summed E-state index contributed by atoms with van der Waals surface area (Å²) in [6.07, 6.45) is 2.39. The fourth-order valence-electron chi connectivity index (χ4n) is 3.47. The van der Waals surface area contributed by atoms with Crippen molar-refractivity contribution in [1.29, 1.82) is 0 Å². The summed E-state index contributed by atoms with van der Waals surface area (Å²) < 4.78 is 3.74. The molecule has 4 heterocycles. The molecule has 0 amide bonds. The molecule has 0 saturated carbocycles. The van der Waals surface area contributed by atoms with E-state index in [2.05, 4.69) is 25.8 Å².